The Labute approximate surface area is 289 Å². The van der Waals surface area contributed by atoms with Crippen molar-refractivity contribution in [3.05, 3.63) is 101 Å². The van der Waals surface area contributed by atoms with E-state index in [2.05, 4.69) is 10.6 Å². The van der Waals surface area contributed by atoms with Crippen molar-refractivity contribution in [1.29, 1.82) is 0 Å². The van der Waals surface area contributed by atoms with Gasteiger partial charge in [-0.2, -0.15) is 0 Å². The molecule has 0 heterocycles. The Kier molecular flexibility index (Phi) is 11.7. The van der Waals surface area contributed by atoms with Gasteiger partial charge in [0.25, 0.3) is 0 Å². The number of phenols is 1. The molecule has 0 saturated heterocycles. The first-order valence-electron chi connectivity index (χ1n) is 16.7. The third-order valence-electron chi connectivity index (χ3n) is 7.85. The molecule has 3 aromatic rings. The van der Waals surface area contributed by atoms with Crippen LogP contribution in [0, 0.1) is 6.92 Å². The quantitative estimate of drug-likeness (QED) is 0.203. The molecule has 0 bridgehead atoms. The molecule has 3 amide bonds. The number of carbonyl (C=O) groups excluding carboxylic acids is 4. The Morgan fingerprint density at radius 1 is 0.755 bits per heavy atom. The highest BCUT2D eigenvalue weighted by atomic mass is 16.6. The van der Waals surface area contributed by atoms with Crippen molar-refractivity contribution in [2.45, 2.75) is 110 Å². The molecule has 1 fully saturated rings. The molecular formula is C39H49N3O7. The largest absolute Gasteiger partial charge is 0.507 e. The lowest BCUT2D eigenvalue weighted by molar-refractivity contribution is -0.159. The molecule has 262 valence electrons. The van der Waals surface area contributed by atoms with Crippen LogP contribution >= 0.6 is 0 Å². The number of phenolic OH excluding ortho intramolecular Hbond substituents is 1. The van der Waals surface area contributed by atoms with Crippen molar-refractivity contribution in [3.8, 4) is 5.75 Å². The molecule has 10 heteroatoms. The molecule has 0 aromatic heterocycles. The molecule has 3 aromatic carbocycles. The predicted octanol–water partition coefficient (Wildman–Crippen LogP) is 5.94. The van der Waals surface area contributed by atoms with Gasteiger partial charge in [-0.05, 0) is 78.0 Å². The summed E-state index contributed by atoms with van der Waals surface area (Å²) in [6, 6.07) is 19.6. The standard InChI is InChI=1S/C39H49N3O7/c1-25-15-14-20-29(33(25)43)32(34(44)40-31(36(46)48-38(2,3)4)24-27-18-12-9-13-19-27)42(28-21-22-28)35(45)30(23-26-16-10-8-11-17-26)41-37(47)49-39(5,6)7/h8-20,28,30-32,43H,21-24H2,1-7H3,(H,40,44)(H,41,47). The SMILES string of the molecule is Cc1cccc(C(C(=O)NC(Cc2ccccc2)C(=O)OC(C)(C)C)N(C(=O)C(Cc2ccccc2)NC(=O)OC(C)(C)C)C2CC2)c1O. The number of hydrogen-bond donors (Lipinski definition) is 3. The molecule has 3 unspecified atom stereocenters. The van der Waals surface area contributed by atoms with E-state index in [1.165, 1.54) is 4.90 Å². The minimum absolute atomic E-state index is 0.130. The van der Waals surface area contributed by atoms with Gasteiger partial charge in [-0.25, -0.2) is 9.59 Å². The molecule has 1 saturated carbocycles. The first kappa shape index (κ1) is 37.0. The maximum absolute atomic E-state index is 14.7. The van der Waals surface area contributed by atoms with Crippen molar-refractivity contribution >= 4 is 23.9 Å². The van der Waals surface area contributed by atoms with Gasteiger partial charge in [0, 0.05) is 24.4 Å². The van der Waals surface area contributed by atoms with Crippen molar-refractivity contribution in [1.82, 2.24) is 15.5 Å². The maximum Gasteiger partial charge on any atom is 0.408 e. The van der Waals surface area contributed by atoms with E-state index in [1.807, 2.05) is 60.7 Å². The summed E-state index contributed by atoms with van der Waals surface area (Å²) in [5, 5.41) is 17.0. The zero-order chi connectivity index (χ0) is 35.9. The van der Waals surface area contributed by atoms with E-state index in [9.17, 15) is 24.3 Å². The summed E-state index contributed by atoms with van der Waals surface area (Å²) >= 11 is 0. The summed E-state index contributed by atoms with van der Waals surface area (Å²) in [5.41, 5.74) is 0.675. The Balaban J connectivity index is 1.77. The van der Waals surface area contributed by atoms with Gasteiger partial charge >= 0.3 is 12.1 Å². The van der Waals surface area contributed by atoms with Crippen LogP contribution < -0.4 is 10.6 Å². The van der Waals surface area contributed by atoms with E-state index in [4.69, 9.17) is 9.47 Å². The molecule has 1 aliphatic rings. The lowest BCUT2D eigenvalue weighted by Gasteiger charge is -2.36. The maximum atomic E-state index is 14.7. The molecular weight excluding hydrogens is 622 g/mol. The lowest BCUT2D eigenvalue weighted by Crippen LogP contribution is -2.56. The summed E-state index contributed by atoms with van der Waals surface area (Å²) in [6.45, 7) is 12.1. The first-order valence-corrected chi connectivity index (χ1v) is 16.7. The third kappa shape index (κ3) is 10.8. The Morgan fingerprint density at radius 3 is 1.80 bits per heavy atom. The molecule has 10 nitrogen and oxygen atoms in total. The van der Waals surface area contributed by atoms with Crippen molar-refractivity contribution < 1.29 is 33.8 Å². The summed E-state index contributed by atoms with van der Waals surface area (Å²) in [4.78, 5) is 57.4. The zero-order valence-electron chi connectivity index (χ0n) is 29.5. The number of para-hydroxylation sites is 1. The number of hydrogen-bond acceptors (Lipinski definition) is 7. The lowest BCUT2D eigenvalue weighted by atomic mass is 9.97. The van der Waals surface area contributed by atoms with Crippen LogP contribution in [0.15, 0.2) is 78.9 Å². The van der Waals surface area contributed by atoms with Crippen LogP contribution in [0.3, 0.4) is 0 Å². The zero-order valence-corrected chi connectivity index (χ0v) is 29.5. The number of amides is 3. The fourth-order valence-electron chi connectivity index (χ4n) is 5.54. The molecule has 49 heavy (non-hydrogen) atoms. The summed E-state index contributed by atoms with van der Waals surface area (Å²) < 4.78 is 11.2. The van der Waals surface area contributed by atoms with E-state index in [1.54, 1.807) is 66.7 Å². The van der Waals surface area contributed by atoms with E-state index in [0.717, 1.165) is 11.1 Å². The fourth-order valence-corrected chi connectivity index (χ4v) is 5.54. The van der Waals surface area contributed by atoms with Crippen LogP contribution in [0.4, 0.5) is 4.79 Å². The number of nitrogens with zero attached hydrogens (tertiary/aromatic N) is 1. The van der Waals surface area contributed by atoms with Crippen LogP contribution in [0.1, 0.15) is 82.7 Å². The second kappa shape index (κ2) is 15.6. The Hall–Kier alpha value is -4.86. The minimum atomic E-state index is -1.33. The fraction of sp³-hybridized carbons (Fsp3) is 0.436. The number of carbonyl (C=O) groups is 4. The van der Waals surface area contributed by atoms with Gasteiger partial charge in [-0.15, -0.1) is 0 Å². The van der Waals surface area contributed by atoms with Crippen molar-refractivity contribution in [3.63, 3.8) is 0 Å². The summed E-state index contributed by atoms with van der Waals surface area (Å²) in [7, 11) is 0. The number of alkyl carbamates (subject to hydrolysis) is 1. The summed E-state index contributed by atoms with van der Waals surface area (Å²) in [5.74, 6) is -1.95. The number of benzene rings is 3. The normalized spacial score (nSPS) is 14.9. The molecule has 3 N–H and O–H groups in total. The first-order chi connectivity index (χ1) is 23.0. The molecule has 0 radical (unpaired) electrons. The second-order valence-electron chi connectivity index (χ2n) is 14.6. The van der Waals surface area contributed by atoms with E-state index in [0.29, 0.717) is 18.4 Å². The number of rotatable bonds is 12. The van der Waals surface area contributed by atoms with Gasteiger partial charge in [0.1, 0.15) is 35.1 Å². The van der Waals surface area contributed by atoms with Gasteiger partial charge in [0.15, 0.2) is 0 Å². The van der Waals surface area contributed by atoms with Crippen LogP contribution in [0.2, 0.25) is 0 Å². The molecule has 0 aliphatic heterocycles. The molecule has 4 rings (SSSR count). The number of nitrogens with one attached hydrogen (secondary N) is 2. The molecule has 3 atom stereocenters. The average Bonchev–Trinajstić information content (AvgIpc) is 3.85. The van der Waals surface area contributed by atoms with Gasteiger partial charge in [0.2, 0.25) is 11.8 Å². The highest BCUT2D eigenvalue weighted by Gasteiger charge is 2.46. The van der Waals surface area contributed by atoms with Gasteiger partial charge in [-0.3, -0.25) is 9.59 Å². The predicted molar refractivity (Wildman–Crippen MR) is 187 cm³/mol. The topological polar surface area (TPSA) is 134 Å². The smallest absolute Gasteiger partial charge is 0.408 e. The van der Waals surface area contributed by atoms with Gasteiger partial charge in [0.05, 0.1) is 0 Å². The number of esters is 1. The van der Waals surface area contributed by atoms with E-state index < -0.39 is 53.2 Å². The van der Waals surface area contributed by atoms with Gasteiger partial charge < -0.3 is 30.1 Å². The number of ether oxygens (including phenoxy) is 2. The van der Waals surface area contributed by atoms with Crippen LogP contribution in [-0.2, 0) is 36.7 Å². The Morgan fingerprint density at radius 2 is 1.29 bits per heavy atom. The van der Waals surface area contributed by atoms with Crippen molar-refractivity contribution in [2.24, 2.45) is 0 Å². The highest BCUT2D eigenvalue weighted by molar-refractivity contribution is 5.95. The minimum Gasteiger partial charge on any atom is -0.507 e. The van der Waals surface area contributed by atoms with Crippen LogP contribution in [0.25, 0.3) is 0 Å². The van der Waals surface area contributed by atoms with E-state index >= 15 is 0 Å². The monoisotopic (exact) mass is 671 g/mol. The van der Waals surface area contributed by atoms with E-state index in [-0.39, 0.29) is 30.2 Å². The number of aryl methyl sites for hydroxylation is 1. The molecule has 0 spiro atoms. The summed E-state index contributed by atoms with van der Waals surface area (Å²) in [6.07, 6.45) is 0.732. The van der Waals surface area contributed by atoms with Crippen LogP contribution in [-0.4, -0.2) is 63.2 Å². The van der Waals surface area contributed by atoms with Crippen LogP contribution in [0.5, 0.6) is 5.75 Å². The number of aromatic hydroxyl groups is 1. The molecule has 1 aliphatic carbocycles. The Bertz CT molecular complexity index is 1610. The van der Waals surface area contributed by atoms with Crippen molar-refractivity contribution in [2.75, 3.05) is 0 Å². The average molecular weight is 672 g/mol. The highest BCUT2D eigenvalue weighted by Crippen LogP contribution is 2.39. The van der Waals surface area contributed by atoms with Gasteiger partial charge in [-0.1, -0.05) is 78.9 Å². The second-order valence-corrected chi connectivity index (χ2v) is 14.6. The third-order valence-corrected chi connectivity index (χ3v) is 7.85.